The predicted molar refractivity (Wildman–Crippen MR) is 83.1 cm³/mol. The Balaban J connectivity index is 2.08. The molecular weight excluding hydrogens is 268 g/mol. The third-order valence-corrected chi connectivity index (χ3v) is 2.94. The van der Waals surface area contributed by atoms with E-state index in [0.29, 0.717) is 31.4 Å². The van der Waals surface area contributed by atoms with E-state index in [1.165, 1.54) is 0 Å². The topological polar surface area (TPSA) is 73.6 Å². The molecule has 0 spiro atoms. The van der Waals surface area contributed by atoms with Crippen LogP contribution in [-0.2, 0) is 16.1 Å². The summed E-state index contributed by atoms with van der Waals surface area (Å²) in [4.78, 5) is 11.6. The molecule has 0 bridgehead atoms. The molecular formula is C16H26N2O3. The zero-order chi connectivity index (χ0) is 15.5. The fourth-order valence-corrected chi connectivity index (χ4v) is 1.61. The lowest BCUT2D eigenvalue weighted by Gasteiger charge is -2.09. The van der Waals surface area contributed by atoms with Gasteiger partial charge in [0.15, 0.2) is 6.61 Å². The van der Waals surface area contributed by atoms with Gasteiger partial charge in [-0.2, -0.15) is 0 Å². The Morgan fingerprint density at radius 3 is 2.57 bits per heavy atom. The summed E-state index contributed by atoms with van der Waals surface area (Å²) in [5, 5.41) is 2.75. The lowest BCUT2D eigenvalue weighted by molar-refractivity contribution is -0.123. The summed E-state index contributed by atoms with van der Waals surface area (Å²) in [6, 6.07) is 7.39. The summed E-state index contributed by atoms with van der Waals surface area (Å²) >= 11 is 0. The van der Waals surface area contributed by atoms with Crippen molar-refractivity contribution >= 4 is 5.91 Å². The Bertz CT molecular complexity index is 404. The number of carbonyl (C=O) groups is 1. The standard InChI is InChI=1S/C16H26N2O3/c1-13(2)7-9-20-10-8-18-16(19)12-21-15-5-3-14(11-17)4-6-15/h3-6,13H,7-12,17H2,1-2H3,(H,18,19). The van der Waals surface area contributed by atoms with Crippen LogP contribution in [0, 0.1) is 5.92 Å². The molecule has 0 saturated carbocycles. The van der Waals surface area contributed by atoms with Crippen molar-refractivity contribution in [2.24, 2.45) is 11.7 Å². The van der Waals surface area contributed by atoms with Crippen LogP contribution in [0.2, 0.25) is 0 Å². The van der Waals surface area contributed by atoms with Crippen LogP contribution in [0.5, 0.6) is 5.75 Å². The van der Waals surface area contributed by atoms with E-state index >= 15 is 0 Å². The zero-order valence-electron chi connectivity index (χ0n) is 12.9. The Morgan fingerprint density at radius 2 is 1.95 bits per heavy atom. The highest BCUT2D eigenvalue weighted by Gasteiger charge is 2.02. The molecule has 0 atom stereocenters. The first kappa shape index (κ1) is 17.5. The molecule has 1 amide bonds. The minimum absolute atomic E-state index is 0.00790. The molecule has 0 radical (unpaired) electrons. The van der Waals surface area contributed by atoms with Crippen LogP contribution >= 0.6 is 0 Å². The van der Waals surface area contributed by atoms with Gasteiger partial charge in [0.2, 0.25) is 0 Å². The summed E-state index contributed by atoms with van der Waals surface area (Å²) in [6.07, 6.45) is 1.04. The first-order chi connectivity index (χ1) is 10.1. The molecule has 21 heavy (non-hydrogen) atoms. The van der Waals surface area contributed by atoms with Gasteiger partial charge in [-0.1, -0.05) is 26.0 Å². The second-order valence-electron chi connectivity index (χ2n) is 5.28. The number of rotatable bonds is 10. The summed E-state index contributed by atoms with van der Waals surface area (Å²) < 4.78 is 10.8. The molecule has 0 saturated heterocycles. The average molecular weight is 294 g/mol. The van der Waals surface area contributed by atoms with Gasteiger partial charge in [0, 0.05) is 19.7 Å². The molecule has 5 heteroatoms. The maximum absolute atomic E-state index is 11.6. The molecule has 0 fully saturated rings. The summed E-state index contributed by atoms with van der Waals surface area (Å²) in [5.74, 6) is 1.15. The van der Waals surface area contributed by atoms with Gasteiger partial charge in [0.1, 0.15) is 5.75 Å². The van der Waals surface area contributed by atoms with E-state index in [0.717, 1.165) is 18.6 Å². The van der Waals surface area contributed by atoms with Crippen molar-refractivity contribution in [3.05, 3.63) is 29.8 Å². The van der Waals surface area contributed by atoms with Crippen molar-refractivity contribution < 1.29 is 14.3 Å². The summed E-state index contributed by atoms with van der Waals surface area (Å²) in [6.45, 7) is 6.59. The number of hydrogen-bond acceptors (Lipinski definition) is 4. The molecule has 0 aliphatic heterocycles. The Kier molecular flexibility index (Phi) is 8.47. The van der Waals surface area contributed by atoms with Gasteiger partial charge in [-0.05, 0) is 30.0 Å². The Labute approximate surface area is 126 Å². The fraction of sp³-hybridized carbons (Fsp3) is 0.562. The number of hydrogen-bond donors (Lipinski definition) is 2. The highest BCUT2D eigenvalue weighted by atomic mass is 16.5. The van der Waals surface area contributed by atoms with Crippen LogP contribution in [0.25, 0.3) is 0 Å². The Hall–Kier alpha value is -1.59. The lowest BCUT2D eigenvalue weighted by atomic mass is 10.1. The van der Waals surface area contributed by atoms with Crippen LogP contribution in [-0.4, -0.2) is 32.3 Å². The van der Waals surface area contributed by atoms with Gasteiger partial charge in [-0.25, -0.2) is 0 Å². The van der Waals surface area contributed by atoms with Gasteiger partial charge in [-0.15, -0.1) is 0 Å². The van der Waals surface area contributed by atoms with Gasteiger partial charge in [0.25, 0.3) is 5.91 Å². The highest BCUT2D eigenvalue weighted by molar-refractivity contribution is 5.77. The quantitative estimate of drug-likeness (QED) is 0.644. The summed E-state index contributed by atoms with van der Waals surface area (Å²) in [7, 11) is 0. The first-order valence-electron chi connectivity index (χ1n) is 7.38. The van der Waals surface area contributed by atoms with E-state index in [1.807, 2.05) is 24.3 Å². The SMILES string of the molecule is CC(C)CCOCCNC(=O)COc1ccc(CN)cc1. The van der Waals surface area contributed by atoms with E-state index in [4.69, 9.17) is 15.2 Å². The van der Waals surface area contributed by atoms with Crippen molar-refractivity contribution in [3.63, 3.8) is 0 Å². The number of nitrogens with two attached hydrogens (primary N) is 1. The second kappa shape index (κ2) is 10.2. The Morgan fingerprint density at radius 1 is 1.24 bits per heavy atom. The molecule has 3 N–H and O–H groups in total. The molecule has 0 aromatic heterocycles. The first-order valence-corrected chi connectivity index (χ1v) is 7.38. The van der Waals surface area contributed by atoms with E-state index in [9.17, 15) is 4.79 Å². The van der Waals surface area contributed by atoms with Crippen molar-refractivity contribution in [1.82, 2.24) is 5.32 Å². The van der Waals surface area contributed by atoms with E-state index < -0.39 is 0 Å². The average Bonchev–Trinajstić information content (AvgIpc) is 2.49. The molecule has 0 unspecified atom stereocenters. The smallest absolute Gasteiger partial charge is 0.258 e. The van der Waals surface area contributed by atoms with Crippen molar-refractivity contribution in [3.8, 4) is 5.75 Å². The van der Waals surface area contributed by atoms with Crippen LogP contribution in [0.15, 0.2) is 24.3 Å². The second-order valence-corrected chi connectivity index (χ2v) is 5.28. The molecule has 0 aliphatic rings. The number of ether oxygens (including phenoxy) is 2. The van der Waals surface area contributed by atoms with E-state index in [2.05, 4.69) is 19.2 Å². The third kappa shape index (κ3) is 8.32. The lowest BCUT2D eigenvalue weighted by Crippen LogP contribution is -2.31. The largest absolute Gasteiger partial charge is 0.484 e. The zero-order valence-corrected chi connectivity index (χ0v) is 12.9. The predicted octanol–water partition coefficient (Wildman–Crippen LogP) is 1.70. The summed E-state index contributed by atoms with van der Waals surface area (Å²) in [5.41, 5.74) is 6.54. The van der Waals surface area contributed by atoms with Crippen molar-refractivity contribution in [1.29, 1.82) is 0 Å². The van der Waals surface area contributed by atoms with Crippen molar-refractivity contribution in [2.45, 2.75) is 26.8 Å². The highest BCUT2D eigenvalue weighted by Crippen LogP contribution is 2.11. The third-order valence-electron chi connectivity index (χ3n) is 2.94. The molecule has 0 aliphatic carbocycles. The van der Waals surface area contributed by atoms with Gasteiger partial charge < -0.3 is 20.5 Å². The monoisotopic (exact) mass is 294 g/mol. The van der Waals surface area contributed by atoms with Crippen LogP contribution in [0.1, 0.15) is 25.8 Å². The molecule has 1 aromatic carbocycles. The number of benzene rings is 1. The molecule has 1 aromatic rings. The molecule has 0 heterocycles. The maximum atomic E-state index is 11.6. The molecule has 118 valence electrons. The molecule has 1 rings (SSSR count). The van der Waals surface area contributed by atoms with Crippen LogP contribution in [0.3, 0.4) is 0 Å². The normalized spacial score (nSPS) is 10.7. The van der Waals surface area contributed by atoms with Crippen LogP contribution < -0.4 is 15.8 Å². The van der Waals surface area contributed by atoms with Gasteiger partial charge in [-0.3, -0.25) is 4.79 Å². The minimum Gasteiger partial charge on any atom is -0.484 e. The van der Waals surface area contributed by atoms with E-state index in [-0.39, 0.29) is 12.5 Å². The van der Waals surface area contributed by atoms with Crippen molar-refractivity contribution in [2.75, 3.05) is 26.4 Å². The van der Waals surface area contributed by atoms with Crippen LogP contribution in [0.4, 0.5) is 0 Å². The number of nitrogens with one attached hydrogen (secondary N) is 1. The fourth-order valence-electron chi connectivity index (χ4n) is 1.61. The molecule has 5 nitrogen and oxygen atoms in total. The van der Waals surface area contributed by atoms with Gasteiger partial charge >= 0.3 is 0 Å². The minimum atomic E-state index is -0.148. The number of amides is 1. The van der Waals surface area contributed by atoms with Gasteiger partial charge in [0.05, 0.1) is 6.61 Å². The number of carbonyl (C=O) groups excluding carboxylic acids is 1. The van der Waals surface area contributed by atoms with E-state index in [1.54, 1.807) is 0 Å². The maximum Gasteiger partial charge on any atom is 0.258 e.